The molecule has 74 valence electrons. The molecule has 0 unspecified atom stereocenters. The van der Waals surface area contributed by atoms with E-state index in [1.807, 2.05) is 0 Å². The van der Waals surface area contributed by atoms with Gasteiger partial charge in [0, 0.05) is 17.7 Å². The molecule has 0 aliphatic heterocycles. The van der Waals surface area contributed by atoms with Crippen molar-refractivity contribution in [2.75, 3.05) is 5.73 Å². The van der Waals surface area contributed by atoms with E-state index in [2.05, 4.69) is 0 Å². The van der Waals surface area contributed by atoms with Crippen LogP contribution in [0.25, 0.3) is 0 Å². The Kier molecular flexibility index (Phi) is 3.36. The lowest BCUT2D eigenvalue weighted by Gasteiger charge is -2.05. The fraction of sp³-hybridized carbons (Fsp3) is 0.200. The highest BCUT2D eigenvalue weighted by atomic mass is 16.1. The van der Waals surface area contributed by atoms with Gasteiger partial charge in [-0.3, -0.25) is 4.79 Å². The van der Waals surface area contributed by atoms with Gasteiger partial charge in [-0.15, -0.1) is 0 Å². The number of Topliss-reactive ketones (excluding diaryl/α,β-unsaturated/α-hetero) is 1. The van der Waals surface area contributed by atoms with Crippen LogP contribution < -0.4 is 11.5 Å². The summed E-state index contributed by atoms with van der Waals surface area (Å²) in [5, 5.41) is 0. The molecular formula is C10H12N2O2. The third kappa shape index (κ3) is 2.40. The summed E-state index contributed by atoms with van der Waals surface area (Å²) in [6.07, 6.45) is 0.550. The topological polar surface area (TPSA) is 86.2 Å². The van der Waals surface area contributed by atoms with Gasteiger partial charge in [0.25, 0.3) is 0 Å². The third-order valence-corrected chi connectivity index (χ3v) is 1.86. The summed E-state index contributed by atoms with van der Waals surface area (Å²) in [5.74, 6) is -0.206. The van der Waals surface area contributed by atoms with Gasteiger partial charge in [0.05, 0.1) is 6.04 Å². The number of nitrogen functional groups attached to an aromatic ring is 1. The van der Waals surface area contributed by atoms with Crippen LogP contribution in [0.4, 0.5) is 5.69 Å². The first kappa shape index (κ1) is 10.4. The summed E-state index contributed by atoms with van der Waals surface area (Å²) < 4.78 is 0. The average Bonchev–Trinajstić information content (AvgIpc) is 2.18. The summed E-state index contributed by atoms with van der Waals surface area (Å²) in [4.78, 5) is 21.8. The SMILES string of the molecule is Nc1ccccc1C(=O)C[C@@H](N)C=O. The Morgan fingerprint density at radius 3 is 2.64 bits per heavy atom. The van der Waals surface area contributed by atoms with Gasteiger partial charge < -0.3 is 16.3 Å². The second-order valence-electron chi connectivity index (χ2n) is 3.01. The van der Waals surface area contributed by atoms with Crippen molar-refractivity contribution in [1.29, 1.82) is 0 Å². The molecule has 0 spiro atoms. The summed E-state index contributed by atoms with van der Waals surface area (Å²) in [6.45, 7) is 0. The number of hydrogen-bond donors (Lipinski definition) is 2. The predicted octanol–water partition coefficient (Wildman–Crippen LogP) is 0.368. The number of carbonyl (C=O) groups excluding carboxylic acids is 2. The maximum atomic E-state index is 11.5. The lowest BCUT2D eigenvalue weighted by molar-refractivity contribution is -0.108. The van der Waals surface area contributed by atoms with Crippen molar-refractivity contribution in [1.82, 2.24) is 0 Å². The Hall–Kier alpha value is -1.68. The van der Waals surface area contributed by atoms with Crippen LogP contribution in [0.3, 0.4) is 0 Å². The Bertz CT molecular complexity index is 350. The van der Waals surface area contributed by atoms with Crippen LogP contribution in [0.1, 0.15) is 16.8 Å². The molecule has 1 rings (SSSR count). The molecule has 0 aliphatic carbocycles. The molecule has 0 aliphatic rings. The molecule has 1 aromatic carbocycles. The molecule has 4 nitrogen and oxygen atoms in total. The van der Waals surface area contributed by atoms with Crippen molar-refractivity contribution in [3.8, 4) is 0 Å². The maximum Gasteiger partial charge on any atom is 0.166 e. The maximum absolute atomic E-state index is 11.5. The molecule has 0 heterocycles. The summed E-state index contributed by atoms with van der Waals surface area (Å²) in [5.41, 5.74) is 11.8. The van der Waals surface area contributed by atoms with Gasteiger partial charge in [-0.2, -0.15) is 0 Å². The Morgan fingerprint density at radius 2 is 2.07 bits per heavy atom. The molecule has 1 aromatic rings. The molecule has 0 bridgehead atoms. The minimum absolute atomic E-state index is 0.00227. The number of para-hydroxylation sites is 1. The van der Waals surface area contributed by atoms with E-state index in [4.69, 9.17) is 11.5 Å². The van der Waals surface area contributed by atoms with E-state index >= 15 is 0 Å². The molecular weight excluding hydrogens is 180 g/mol. The molecule has 4 N–H and O–H groups in total. The number of carbonyl (C=O) groups is 2. The Morgan fingerprint density at radius 1 is 1.43 bits per heavy atom. The number of ketones is 1. The van der Waals surface area contributed by atoms with Crippen LogP contribution in [-0.4, -0.2) is 18.1 Å². The first-order valence-electron chi connectivity index (χ1n) is 4.23. The standard InChI is InChI=1S/C10H12N2O2/c11-7(6-13)5-10(14)8-3-1-2-4-9(8)12/h1-4,6-7H,5,11-12H2/t7-/m1/s1. The number of benzene rings is 1. The molecule has 0 fully saturated rings. The van der Waals surface area contributed by atoms with Crippen molar-refractivity contribution in [3.63, 3.8) is 0 Å². The van der Waals surface area contributed by atoms with E-state index in [-0.39, 0.29) is 12.2 Å². The van der Waals surface area contributed by atoms with Crippen LogP contribution in [0.2, 0.25) is 0 Å². The molecule has 14 heavy (non-hydrogen) atoms. The minimum atomic E-state index is -0.748. The fourth-order valence-corrected chi connectivity index (χ4v) is 1.12. The summed E-state index contributed by atoms with van der Waals surface area (Å²) in [6, 6.07) is 5.97. The summed E-state index contributed by atoms with van der Waals surface area (Å²) in [7, 11) is 0. The average molecular weight is 192 g/mol. The van der Waals surface area contributed by atoms with Gasteiger partial charge in [-0.1, -0.05) is 12.1 Å². The predicted molar refractivity (Wildman–Crippen MR) is 53.8 cm³/mol. The van der Waals surface area contributed by atoms with Gasteiger partial charge in [-0.05, 0) is 12.1 Å². The van der Waals surface area contributed by atoms with Crippen LogP contribution in [0.5, 0.6) is 0 Å². The highest BCUT2D eigenvalue weighted by Crippen LogP contribution is 2.13. The Balaban J connectivity index is 2.80. The van der Waals surface area contributed by atoms with Gasteiger partial charge in [0.2, 0.25) is 0 Å². The van der Waals surface area contributed by atoms with Crippen molar-refractivity contribution in [3.05, 3.63) is 29.8 Å². The van der Waals surface area contributed by atoms with E-state index in [9.17, 15) is 9.59 Å². The van der Waals surface area contributed by atoms with Crippen LogP contribution >= 0.6 is 0 Å². The van der Waals surface area contributed by atoms with Crippen molar-refractivity contribution in [2.45, 2.75) is 12.5 Å². The van der Waals surface area contributed by atoms with Gasteiger partial charge in [0.15, 0.2) is 5.78 Å². The third-order valence-electron chi connectivity index (χ3n) is 1.86. The van der Waals surface area contributed by atoms with E-state index in [0.717, 1.165) is 0 Å². The molecule has 0 radical (unpaired) electrons. The largest absolute Gasteiger partial charge is 0.398 e. The normalized spacial score (nSPS) is 12.1. The van der Waals surface area contributed by atoms with E-state index in [0.29, 0.717) is 17.5 Å². The lowest BCUT2D eigenvalue weighted by Crippen LogP contribution is -2.25. The van der Waals surface area contributed by atoms with Crippen LogP contribution in [-0.2, 0) is 4.79 Å². The van der Waals surface area contributed by atoms with Crippen LogP contribution in [0.15, 0.2) is 24.3 Å². The molecule has 1 atom stereocenters. The summed E-state index contributed by atoms with van der Waals surface area (Å²) >= 11 is 0. The minimum Gasteiger partial charge on any atom is -0.398 e. The highest BCUT2D eigenvalue weighted by Gasteiger charge is 2.12. The van der Waals surface area contributed by atoms with Gasteiger partial charge in [0.1, 0.15) is 6.29 Å². The first-order valence-corrected chi connectivity index (χ1v) is 4.23. The van der Waals surface area contributed by atoms with Gasteiger partial charge >= 0.3 is 0 Å². The van der Waals surface area contributed by atoms with Crippen molar-refractivity contribution < 1.29 is 9.59 Å². The highest BCUT2D eigenvalue weighted by molar-refractivity contribution is 6.01. The van der Waals surface area contributed by atoms with Gasteiger partial charge in [-0.25, -0.2) is 0 Å². The van der Waals surface area contributed by atoms with Crippen LogP contribution in [0, 0.1) is 0 Å². The number of aldehydes is 1. The second kappa shape index (κ2) is 4.53. The molecule has 4 heteroatoms. The molecule has 0 saturated carbocycles. The molecule has 0 aromatic heterocycles. The zero-order valence-corrected chi connectivity index (χ0v) is 7.64. The quantitative estimate of drug-likeness (QED) is 0.410. The zero-order valence-electron chi connectivity index (χ0n) is 7.64. The van der Waals surface area contributed by atoms with E-state index in [1.54, 1.807) is 24.3 Å². The lowest BCUT2D eigenvalue weighted by atomic mass is 10.0. The number of rotatable bonds is 4. The number of hydrogen-bond acceptors (Lipinski definition) is 4. The monoisotopic (exact) mass is 192 g/mol. The molecule has 0 saturated heterocycles. The fourth-order valence-electron chi connectivity index (χ4n) is 1.12. The van der Waals surface area contributed by atoms with E-state index in [1.165, 1.54) is 0 Å². The smallest absolute Gasteiger partial charge is 0.166 e. The van der Waals surface area contributed by atoms with Crippen molar-refractivity contribution >= 4 is 17.8 Å². The number of nitrogens with two attached hydrogens (primary N) is 2. The number of anilines is 1. The first-order chi connectivity index (χ1) is 6.65. The Labute approximate surface area is 81.9 Å². The second-order valence-corrected chi connectivity index (χ2v) is 3.01. The van der Waals surface area contributed by atoms with E-state index < -0.39 is 6.04 Å². The van der Waals surface area contributed by atoms with Crippen molar-refractivity contribution in [2.24, 2.45) is 5.73 Å². The zero-order chi connectivity index (χ0) is 10.6. The molecule has 0 amide bonds.